The standard InChI is InChI=1S/C23H25N3OS2.C2H6/c1-17(18-7-4-3-5-8-18)25-11-13-26(14-12-25)23-24-16-21(29-23)22(27)19-9-6-10-20(15-19)28-2;1-2/h3-10,15-17H,11-14H2,1-2H3;1-2H3. The first-order valence-electron chi connectivity index (χ1n) is 10.8. The Bertz CT molecular complexity index is 966. The van der Waals surface area contributed by atoms with E-state index in [1.165, 1.54) is 16.9 Å². The van der Waals surface area contributed by atoms with Gasteiger partial charge in [0.25, 0.3) is 0 Å². The van der Waals surface area contributed by atoms with Gasteiger partial charge in [0.15, 0.2) is 5.13 Å². The zero-order valence-corrected chi connectivity index (χ0v) is 20.4. The van der Waals surface area contributed by atoms with Gasteiger partial charge >= 0.3 is 0 Å². The molecule has 2 heterocycles. The summed E-state index contributed by atoms with van der Waals surface area (Å²) in [5.74, 6) is 0.0565. The minimum absolute atomic E-state index is 0.0565. The highest BCUT2D eigenvalue weighted by atomic mass is 32.2. The van der Waals surface area contributed by atoms with Gasteiger partial charge in [-0.3, -0.25) is 9.69 Å². The highest BCUT2D eigenvalue weighted by Gasteiger charge is 2.24. The highest BCUT2D eigenvalue weighted by Crippen LogP contribution is 2.28. The average Bonchev–Trinajstić information content (AvgIpc) is 3.35. The van der Waals surface area contributed by atoms with Gasteiger partial charge in [-0.05, 0) is 30.9 Å². The molecule has 0 N–H and O–H groups in total. The Labute approximate surface area is 194 Å². The van der Waals surface area contributed by atoms with E-state index in [-0.39, 0.29) is 5.78 Å². The van der Waals surface area contributed by atoms with Crippen LogP contribution in [-0.2, 0) is 0 Å². The maximum Gasteiger partial charge on any atom is 0.204 e. The number of aromatic nitrogens is 1. The predicted molar refractivity (Wildman–Crippen MR) is 134 cm³/mol. The molecule has 31 heavy (non-hydrogen) atoms. The van der Waals surface area contributed by atoms with Gasteiger partial charge in [0.1, 0.15) is 0 Å². The van der Waals surface area contributed by atoms with E-state index in [0.717, 1.165) is 41.8 Å². The summed E-state index contributed by atoms with van der Waals surface area (Å²) in [6.45, 7) is 10.1. The number of hydrogen-bond acceptors (Lipinski definition) is 6. The molecule has 0 aliphatic carbocycles. The second kappa shape index (κ2) is 11.5. The van der Waals surface area contributed by atoms with Crippen LogP contribution in [0.3, 0.4) is 0 Å². The molecule has 1 unspecified atom stereocenters. The molecular formula is C25H31N3OS2. The molecule has 1 aliphatic heterocycles. The van der Waals surface area contributed by atoms with Gasteiger partial charge in [-0.15, -0.1) is 11.8 Å². The van der Waals surface area contributed by atoms with Crippen LogP contribution in [0.5, 0.6) is 0 Å². The van der Waals surface area contributed by atoms with Crippen LogP contribution >= 0.6 is 23.1 Å². The van der Waals surface area contributed by atoms with Crippen LogP contribution in [0.1, 0.15) is 47.6 Å². The van der Waals surface area contributed by atoms with Crippen LogP contribution in [0.2, 0.25) is 0 Å². The summed E-state index contributed by atoms with van der Waals surface area (Å²) in [4.78, 5) is 24.0. The monoisotopic (exact) mass is 453 g/mol. The molecular weight excluding hydrogens is 422 g/mol. The number of carbonyl (C=O) groups is 1. The van der Waals surface area contributed by atoms with Crippen molar-refractivity contribution < 1.29 is 4.79 Å². The molecule has 1 saturated heterocycles. The molecule has 164 valence electrons. The summed E-state index contributed by atoms with van der Waals surface area (Å²) in [6.07, 6.45) is 3.75. The lowest BCUT2D eigenvalue weighted by atomic mass is 10.1. The Morgan fingerprint density at radius 3 is 2.42 bits per heavy atom. The first-order valence-corrected chi connectivity index (χ1v) is 12.9. The fraction of sp³-hybridized carbons (Fsp3) is 0.360. The minimum atomic E-state index is 0.0565. The average molecular weight is 454 g/mol. The molecule has 3 aromatic rings. The van der Waals surface area contributed by atoms with E-state index in [0.29, 0.717) is 10.9 Å². The summed E-state index contributed by atoms with van der Waals surface area (Å²) in [5.41, 5.74) is 2.09. The summed E-state index contributed by atoms with van der Waals surface area (Å²) in [7, 11) is 0. The third kappa shape index (κ3) is 5.76. The molecule has 0 saturated carbocycles. The topological polar surface area (TPSA) is 36.4 Å². The van der Waals surface area contributed by atoms with Crippen LogP contribution in [0, 0.1) is 0 Å². The van der Waals surface area contributed by atoms with Crippen LogP contribution < -0.4 is 4.90 Å². The van der Waals surface area contributed by atoms with Gasteiger partial charge in [-0.25, -0.2) is 4.98 Å². The quantitative estimate of drug-likeness (QED) is 0.338. The van der Waals surface area contributed by atoms with E-state index in [1.54, 1.807) is 18.0 Å². The van der Waals surface area contributed by atoms with Gasteiger partial charge < -0.3 is 4.90 Å². The summed E-state index contributed by atoms with van der Waals surface area (Å²) >= 11 is 3.15. The molecule has 0 bridgehead atoms. The normalized spacial score (nSPS) is 15.2. The zero-order valence-electron chi connectivity index (χ0n) is 18.7. The lowest BCUT2D eigenvalue weighted by Gasteiger charge is -2.38. The second-order valence-corrected chi connectivity index (χ2v) is 9.07. The molecule has 4 rings (SSSR count). The Hall–Kier alpha value is -2.15. The van der Waals surface area contributed by atoms with Gasteiger partial charge in [-0.2, -0.15) is 0 Å². The van der Waals surface area contributed by atoms with Gasteiger partial charge in [0.2, 0.25) is 5.78 Å². The molecule has 0 amide bonds. The maximum absolute atomic E-state index is 12.8. The predicted octanol–water partition coefficient (Wildman–Crippen LogP) is 6.01. The third-order valence-corrected chi connectivity index (χ3v) is 7.25. The summed E-state index contributed by atoms with van der Waals surface area (Å²) in [5, 5.41) is 0.946. The fourth-order valence-electron chi connectivity index (χ4n) is 3.67. The molecule has 1 aromatic heterocycles. The van der Waals surface area contributed by atoms with E-state index in [1.807, 2.05) is 44.4 Å². The fourth-order valence-corrected chi connectivity index (χ4v) is 5.05. The number of thioether (sulfide) groups is 1. The highest BCUT2D eigenvalue weighted by molar-refractivity contribution is 7.98. The largest absolute Gasteiger partial charge is 0.346 e. The van der Waals surface area contributed by atoms with E-state index in [4.69, 9.17) is 0 Å². The Morgan fingerprint density at radius 1 is 1.03 bits per heavy atom. The zero-order chi connectivity index (χ0) is 22.2. The van der Waals surface area contributed by atoms with Crippen LogP contribution in [-0.4, -0.2) is 48.1 Å². The summed E-state index contributed by atoms with van der Waals surface area (Å²) in [6, 6.07) is 18.9. The Balaban J connectivity index is 0.00000132. The molecule has 1 fully saturated rings. The first-order chi connectivity index (χ1) is 15.2. The van der Waals surface area contributed by atoms with Gasteiger partial charge in [0, 0.05) is 42.7 Å². The molecule has 0 spiro atoms. The molecule has 2 aromatic carbocycles. The number of hydrogen-bond donors (Lipinski definition) is 0. The Morgan fingerprint density at radius 2 is 1.74 bits per heavy atom. The summed E-state index contributed by atoms with van der Waals surface area (Å²) < 4.78 is 0. The van der Waals surface area contributed by atoms with Crippen molar-refractivity contribution in [3.05, 3.63) is 76.8 Å². The lowest BCUT2D eigenvalue weighted by molar-refractivity contribution is 0.104. The first kappa shape index (κ1) is 23.5. The Kier molecular flexibility index (Phi) is 8.69. The van der Waals surface area contributed by atoms with E-state index in [2.05, 4.69) is 52.0 Å². The van der Waals surface area contributed by atoms with Crippen molar-refractivity contribution >= 4 is 34.0 Å². The number of nitrogens with zero attached hydrogens (tertiary/aromatic N) is 3. The lowest BCUT2D eigenvalue weighted by Crippen LogP contribution is -2.47. The number of benzene rings is 2. The van der Waals surface area contributed by atoms with Crippen molar-refractivity contribution in [3.8, 4) is 0 Å². The number of ketones is 1. The van der Waals surface area contributed by atoms with Crippen molar-refractivity contribution in [3.63, 3.8) is 0 Å². The smallest absolute Gasteiger partial charge is 0.204 e. The number of thiazole rings is 1. The third-order valence-electron chi connectivity index (χ3n) is 5.46. The molecule has 1 aliphatic rings. The van der Waals surface area contributed by atoms with Crippen LogP contribution in [0.25, 0.3) is 0 Å². The van der Waals surface area contributed by atoms with Crippen molar-refractivity contribution in [2.45, 2.75) is 31.7 Å². The van der Waals surface area contributed by atoms with Crippen LogP contribution in [0.4, 0.5) is 5.13 Å². The van der Waals surface area contributed by atoms with E-state index >= 15 is 0 Å². The van der Waals surface area contributed by atoms with E-state index in [9.17, 15) is 4.79 Å². The van der Waals surface area contributed by atoms with Gasteiger partial charge in [-0.1, -0.05) is 67.6 Å². The molecule has 1 atom stereocenters. The number of rotatable bonds is 6. The van der Waals surface area contributed by atoms with Crippen molar-refractivity contribution in [1.82, 2.24) is 9.88 Å². The number of piperazine rings is 1. The SMILES string of the molecule is CC.CSc1cccc(C(=O)c2cnc(N3CCN(C(C)c4ccccc4)CC3)s2)c1. The van der Waals surface area contributed by atoms with E-state index < -0.39 is 0 Å². The van der Waals surface area contributed by atoms with Crippen LogP contribution in [0.15, 0.2) is 65.7 Å². The molecule has 4 nitrogen and oxygen atoms in total. The van der Waals surface area contributed by atoms with Crippen molar-refractivity contribution in [2.75, 3.05) is 37.3 Å². The van der Waals surface area contributed by atoms with Crippen molar-refractivity contribution in [2.24, 2.45) is 0 Å². The van der Waals surface area contributed by atoms with Crippen molar-refractivity contribution in [1.29, 1.82) is 0 Å². The molecule has 0 radical (unpaired) electrons. The number of carbonyl (C=O) groups excluding carboxylic acids is 1. The maximum atomic E-state index is 12.8. The van der Waals surface area contributed by atoms with Gasteiger partial charge in [0.05, 0.1) is 11.1 Å². The minimum Gasteiger partial charge on any atom is -0.346 e. The second-order valence-electron chi connectivity index (χ2n) is 7.18. The molecule has 6 heteroatoms. The number of anilines is 1.